The van der Waals surface area contributed by atoms with Crippen LogP contribution in [0.5, 0.6) is 0 Å². The molecular weight excluding hydrogens is 132 g/mol. The van der Waals surface area contributed by atoms with E-state index in [9.17, 15) is 5.11 Å². The Labute approximate surface area is 58.9 Å². The molecule has 0 fully saturated rings. The van der Waals surface area contributed by atoms with Crippen molar-refractivity contribution in [1.29, 1.82) is 0 Å². The van der Waals surface area contributed by atoms with E-state index in [1.165, 1.54) is 19.1 Å². The molecule has 0 aliphatic heterocycles. The van der Waals surface area contributed by atoms with E-state index in [0.717, 1.165) is 0 Å². The zero-order valence-corrected chi connectivity index (χ0v) is 5.70. The highest BCUT2D eigenvalue weighted by Crippen LogP contribution is 2.25. The number of aliphatic hydroxyl groups is 3. The summed E-state index contributed by atoms with van der Waals surface area (Å²) in [5.41, 5.74) is -1.29. The molecule has 1 rings (SSSR count). The lowest BCUT2D eigenvalue weighted by Crippen LogP contribution is -2.29. The van der Waals surface area contributed by atoms with Gasteiger partial charge in [0.2, 0.25) is 0 Å². The molecule has 0 aromatic carbocycles. The summed E-state index contributed by atoms with van der Waals surface area (Å²) < 4.78 is 0. The van der Waals surface area contributed by atoms with Crippen LogP contribution in [0.15, 0.2) is 23.7 Å². The summed E-state index contributed by atoms with van der Waals surface area (Å²) in [4.78, 5) is 0. The molecule has 0 saturated carbocycles. The Morgan fingerprint density at radius 2 is 2.00 bits per heavy atom. The van der Waals surface area contributed by atoms with Crippen LogP contribution in [0.25, 0.3) is 0 Å². The minimum Gasteiger partial charge on any atom is -0.512 e. The minimum absolute atomic E-state index is 0.0787. The first-order valence-electron chi connectivity index (χ1n) is 3.04. The first kappa shape index (κ1) is 7.15. The van der Waals surface area contributed by atoms with E-state index >= 15 is 0 Å². The quantitative estimate of drug-likeness (QED) is 0.473. The predicted octanol–water partition coefficient (Wildman–Crippen LogP) is 1.02. The van der Waals surface area contributed by atoms with E-state index in [0.29, 0.717) is 0 Å². The first-order chi connectivity index (χ1) is 4.52. The second-order valence-electron chi connectivity index (χ2n) is 2.66. The second kappa shape index (κ2) is 2.02. The Bertz CT molecular complexity index is 201. The van der Waals surface area contributed by atoms with E-state index in [2.05, 4.69) is 0 Å². The Balaban J connectivity index is 2.89. The molecule has 0 saturated heterocycles. The Morgan fingerprint density at radius 3 is 2.40 bits per heavy atom. The molecular formula is C7H10O3. The Hall–Kier alpha value is -0.960. The van der Waals surface area contributed by atoms with Crippen molar-refractivity contribution in [3.8, 4) is 0 Å². The summed E-state index contributed by atoms with van der Waals surface area (Å²) in [5.74, 6) is -0.0203. The molecule has 10 heavy (non-hydrogen) atoms. The first-order valence-corrected chi connectivity index (χ1v) is 3.04. The van der Waals surface area contributed by atoms with Crippen LogP contribution in [0.4, 0.5) is 0 Å². The van der Waals surface area contributed by atoms with Crippen molar-refractivity contribution >= 4 is 0 Å². The van der Waals surface area contributed by atoms with Gasteiger partial charge in [0.1, 0.15) is 11.4 Å². The van der Waals surface area contributed by atoms with Gasteiger partial charge in [-0.1, -0.05) is 0 Å². The van der Waals surface area contributed by atoms with Gasteiger partial charge in [-0.2, -0.15) is 0 Å². The van der Waals surface area contributed by atoms with E-state index in [1.54, 1.807) is 0 Å². The number of rotatable bonds is 0. The van der Waals surface area contributed by atoms with Crippen LogP contribution in [0.1, 0.15) is 13.3 Å². The second-order valence-corrected chi connectivity index (χ2v) is 2.66. The standard InChI is InChI=1S/C7H10O3/c1-7(10)4-5(8)2-3-6(7)9/h2-3,8-10H,4H2,1H3. The molecule has 3 heteroatoms. The van der Waals surface area contributed by atoms with E-state index in [1.807, 2.05) is 0 Å². The largest absolute Gasteiger partial charge is 0.512 e. The number of hydrogen-bond donors (Lipinski definition) is 3. The van der Waals surface area contributed by atoms with Crippen LogP contribution < -0.4 is 0 Å². The van der Waals surface area contributed by atoms with Crippen LogP contribution in [0, 0.1) is 0 Å². The molecule has 0 spiro atoms. The van der Waals surface area contributed by atoms with Crippen LogP contribution >= 0.6 is 0 Å². The van der Waals surface area contributed by atoms with Crippen molar-refractivity contribution in [2.45, 2.75) is 18.9 Å². The van der Waals surface area contributed by atoms with Gasteiger partial charge in [0, 0.05) is 6.42 Å². The van der Waals surface area contributed by atoms with Gasteiger partial charge in [0.25, 0.3) is 0 Å². The maximum Gasteiger partial charge on any atom is 0.125 e. The fourth-order valence-electron chi connectivity index (χ4n) is 0.857. The third kappa shape index (κ3) is 1.14. The molecule has 0 heterocycles. The van der Waals surface area contributed by atoms with Crippen molar-refractivity contribution in [1.82, 2.24) is 0 Å². The predicted molar refractivity (Wildman–Crippen MR) is 36.7 cm³/mol. The molecule has 0 bridgehead atoms. The molecule has 1 aliphatic carbocycles. The monoisotopic (exact) mass is 142 g/mol. The highest BCUT2D eigenvalue weighted by molar-refractivity contribution is 5.24. The maximum atomic E-state index is 9.29. The molecule has 1 unspecified atom stereocenters. The summed E-state index contributed by atoms with van der Waals surface area (Å²) in [6, 6.07) is 0. The molecule has 0 amide bonds. The molecule has 3 nitrogen and oxygen atoms in total. The summed E-state index contributed by atoms with van der Waals surface area (Å²) in [6.07, 6.45) is 2.74. The average molecular weight is 142 g/mol. The highest BCUT2D eigenvalue weighted by atomic mass is 16.3. The number of hydrogen-bond acceptors (Lipinski definition) is 3. The van der Waals surface area contributed by atoms with Crippen LogP contribution in [-0.2, 0) is 0 Å². The van der Waals surface area contributed by atoms with E-state index in [-0.39, 0.29) is 17.9 Å². The topological polar surface area (TPSA) is 60.7 Å². The van der Waals surface area contributed by atoms with Crippen molar-refractivity contribution in [2.24, 2.45) is 0 Å². The molecule has 1 aliphatic rings. The van der Waals surface area contributed by atoms with Gasteiger partial charge < -0.3 is 15.3 Å². The summed E-state index contributed by atoms with van der Waals surface area (Å²) >= 11 is 0. The average Bonchev–Trinajstić information content (AvgIpc) is 1.78. The SMILES string of the molecule is CC1(O)CC(O)=CC=C1O. The lowest BCUT2D eigenvalue weighted by molar-refractivity contribution is 0.0412. The molecule has 1 atom stereocenters. The van der Waals surface area contributed by atoms with Crippen molar-refractivity contribution in [3.63, 3.8) is 0 Å². The molecule has 0 aromatic rings. The van der Waals surface area contributed by atoms with Gasteiger partial charge in [-0.3, -0.25) is 0 Å². The lowest BCUT2D eigenvalue weighted by atomic mass is 9.94. The number of allylic oxidation sites excluding steroid dienone is 2. The normalized spacial score (nSPS) is 33.0. The van der Waals surface area contributed by atoms with Crippen molar-refractivity contribution in [3.05, 3.63) is 23.7 Å². The van der Waals surface area contributed by atoms with E-state index < -0.39 is 5.60 Å². The van der Waals surface area contributed by atoms with E-state index in [4.69, 9.17) is 10.2 Å². The Kier molecular flexibility index (Phi) is 1.45. The lowest BCUT2D eigenvalue weighted by Gasteiger charge is -2.24. The molecule has 0 aromatic heterocycles. The third-order valence-corrected chi connectivity index (χ3v) is 1.51. The van der Waals surface area contributed by atoms with Gasteiger partial charge in [-0.25, -0.2) is 0 Å². The van der Waals surface area contributed by atoms with Crippen LogP contribution in [-0.4, -0.2) is 20.9 Å². The fourth-order valence-corrected chi connectivity index (χ4v) is 0.857. The maximum absolute atomic E-state index is 9.29. The third-order valence-electron chi connectivity index (χ3n) is 1.51. The zero-order chi connectivity index (χ0) is 7.78. The molecule has 3 N–H and O–H groups in total. The molecule has 56 valence electrons. The minimum atomic E-state index is -1.29. The smallest absolute Gasteiger partial charge is 0.125 e. The fraction of sp³-hybridized carbons (Fsp3) is 0.429. The van der Waals surface area contributed by atoms with Gasteiger partial charge in [-0.15, -0.1) is 0 Å². The Morgan fingerprint density at radius 1 is 1.40 bits per heavy atom. The van der Waals surface area contributed by atoms with Crippen molar-refractivity contribution < 1.29 is 15.3 Å². The summed E-state index contributed by atoms with van der Waals surface area (Å²) in [7, 11) is 0. The summed E-state index contributed by atoms with van der Waals surface area (Å²) in [6.45, 7) is 1.45. The van der Waals surface area contributed by atoms with Crippen LogP contribution in [0.3, 0.4) is 0 Å². The van der Waals surface area contributed by atoms with Gasteiger partial charge >= 0.3 is 0 Å². The zero-order valence-electron chi connectivity index (χ0n) is 5.70. The highest BCUT2D eigenvalue weighted by Gasteiger charge is 2.29. The van der Waals surface area contributed by atoms with Gasteiger partial charge in [-0.05, 0) is 19.1 Å². The van der Waals surface area contributed by atoms with Gasteiger partial charge in [0.05, 0.1) is 5.76 Å². The number of aliphatic hydroxyl groups excluding tert-OH is 2. The molecule has 0 radical (unpaired) electrons. The van der Waals surface area contributed by atoms with Crippen LogP contribution in [0.2, 0.25) is 0 Å². The summed E-state index contributed by atoms with van der Waals surface area (Å²) in [5, 5.41) is 27.2. The van der Waals surface area contributed by atoms with Gasteiger partial charge in [0.15, 0.2) is 0 Å². The van der Waals surface area contributed by atoms with Crippen molar-refractivity contribution in [2.75, 3.05) is 0 Å².